The monoisotopic (exact) mass is 323 g/mol. The Hall–Kier alpha value is -2.16. The van der Waals surface area contributed by atoms with Crippen molar-refractivity contribution in [2.75, 3.05) is 26.2 Å². The average Bonchev–Trinajstić information content (AvgIpc) is 3.04. The van der Waals surface area contributed by atoms with Crippen molar-refractivity contribution < 1.29 is 13.2 Å². The molecule has 0 aromatic heterocycles. The van der Waals surface area contributed by atoms with Crippen molar-refractivity contribution in [2.45, 2.75) is 25.9 Å². The van der Waals surface area contributed by atoms with Gasteiger partial charge in [0.25, 0.3) is 0 Å². The summed E-state index contributed by atoms with van der Waals surface area (Å²) in [5.74, 6) is 6.39. The first-order valence-corrected chi connectivity index (χ1v) is 7.70. The molecular weight excluding hydrogens is 303 g/mol. The van der Waals surface area contributed by atoms with Gasteiger partial charge < -0.3 is 10.2 Å². The van der Waals surface area contributed by atoms with E-state index in [9.17, 15) is 13.2 Å². The molecule has 0 spiro atoms. The molecule has 3 nitrogen and oxygen atoms in total. The second kappa shape index (κ2) is 7.91. The maximum absolute atomic E-state index is 12.6. The lowest BCUT2D eigenvalue weighted by molar-refractivity contribution is -0.137. The minimum atomic E-state index is -4.34. The smallest absolute Gasteiger partial charge is 0.356 e. The molecule has 1 fully saturated rings. The second-order valence-corrected chi connectivity index (χ2v) is 5.24. The van der Waals surface area contributed by atoms with Crippen LogP contribution in [-0.4, -0.2) is 37.0 Å². The quantitative estimate of drug-likeness (QED) is 0.514. The molecule has 0 amide bonds. The lowest BCUT2D eigenvalue weighted by Crippen LogP contribution is -2.39. The normalized spacial score (nSPS) is 15.3. The molecule has 124 valence electrons. The summed E-state index contributed by atoms with van der Waals surface area (Å²) >= 11 is 0. The molecule has 2 rings (SSSR count). The van der Waals surface area contributed by atoms with E-state index in [0.29, 0.717) is 5.56 Å². The van der Waals surface area contributed by atoms with Crippen LogP contribution in [0, 0.1) is 11.8 Å². The van der Waals surface area contributed by atoms with E-state index in [1.54, 1.807) is 6.07 Å². The number of rotatable bonds is 2. The van der Waals surface area contributed by atoms with E-state index in [1.165, 1.54) is 6.07 Å². The molecule has 0 aliphatic carbocycles. The predicted molar refractivity (Wildman–Crippen MR) is 85.1 cm³/mol. The lowest BCUT2D eigenvalue weighted by Gasteiger charge is -2.20. The molecule has 1 saturated heterocycles. The zero-order valence-electron chi connectivity index (χ0n) is 13.1. The Morgan fingerprint density at radius 1 is 1.30 bits per heavy atom. The van der Waals surface area contributed by atoms with Gasteiger partial charge in [-0.1, -0.05) is 17.9 Å². The second-order valence-electron chi connectivity index (χ2n) is 5.24. The molecule has 0 saturated carbocycles. The minimum Gasteiger partial charge on any atom is -0.356 e. The molecule has 0 unspecified atom stereocenters. The van der Waals surface area contributed by atoms with Gasteiger partial charge in [0.05, 0.1) is 5.56 Å². The largest absolute Gasteiger partial charge is 0.416 e. The van der Waals surface area contributed by atoms with Gasteiger partial charge in [-0.2, -0.15) is 13.2 Å². The highest BCUT2D eigenvalue weighted by molar-refractivity contribution is 5.80. The van der Waals surface area contributed by atoms with Gasteiger partial charge >= 0.3 is 6.18 Å². The Bertz CT molecular complexity index is 605. The fraction of sp³-hybridized carbons (Fsp3) is 0.471. The molecule has 6 heteroatoms. The molecule has 1 aliphatic rings. The van der Waals surface area contributed by atoms with Crippen molar-refractivity contribution in [1.82, 2.24) is 10.2 Å². The summed E-state index contributed by atoms with van der Waals surface area (Å²) in [4.78, 5) is 6.59. The van der Waals surface area contributed by atoms with E-state index in [1.807, 2.05) is 6.92 Å². The third-order valence-electron chi connectivity index (χ3n) is 3.47. The van der Waals surface area contributed by atoms with E-state index in [-0.39, 0.29) is 6.54 Å². The van der Waals surface area contributed by atoms with Gasteiger partial charge in [-0.05, 0) is 38.0 Å². The number of halogens is 3. The molecule has 0 bridgehead atoms. The molecule has 1 aromatic rings. The lowest BCUT2D eigenvalue weighted by atomic mass is 10.1. The number of aliphatic imine (C=N–C) groups is 1. The van der Waals surface area contributed by atoms with Crippen molar-refractivity contribution in [3.8, 4) is 11.8 Å². The van der Waals surface area contributed by atoms with E-state index >= 15 is 0 Å². The molecule has 0 radical (unpaired) electrons. The number of nitrogens with one attached hydrogen (secondary N) is 1. The highest BCUT2D eigenvalue weighted by Crippen LogP contribution is 2.29. The summed E-state index contributed by atoms with van der Waals surface area (Å²) in [5.41, 5.74) is -0.334. The number of nitrogens with zero attached hydrogens (tertiary/aromatic N) is 2. The highest BCUT2D eigenvalue weighted by Gasteiger charge is 2.30. The van der Waals surface area contributed by atoms with Crippen LogP contribution >= 0.6 is 0 Å². The van der Waals surface area contributed by atoms with Gasteiger partial charge in [0.1, 0.15) is 6.54 Å². The molecule has 1 N–H and O–H groups in total. The van der Waals surface area contributed by atoms with Gasteiger partial charge in [-0.3, -0.25) is 0 Å². The van der Waals surface area contributed by atoms with Gasteiger partial charge in [0.15, 0.2) is 5.96 Å². The van der Waals surface area contributed by atoms with Gasteiger partial charge in [-0.15, -0.1) is 0 Å². The van der Waals surface area contributed by atoms with Crippen molar-refractivity contribution in [2.24, 2.45) is 4.99 Å². The molecule has 1 aromatic carbocycles. The first-order chi connectivity index (χ1) is 11.0. The number of alkyl halides is 3. The summed E-state index contributed by atoms with van der Waals surface area (Å²) < 4.78 is 37.9. The van der Waals surface area contributed by atoms with Crippen LogP contribution in [0.5, 0.6) is 0 Å². The summed E-state index contributed by atoms with van der Waals surface area (Å²) in [6.07, 6.45) is -2.04. The van der Waals surface area contributed by atoms with Crippen LogP contribution in [-0.2, 0) is 6.18 Å². The van der Waals surface area contributed by atoms with E-state index in [2.05, 4.69) is 27.0 Å². The number of benzene rings is 1. The standard InChI is InChI=1S/C17H20F3N3/c1-2-21-16(23-11-3-4-12-23)22-10-6-8-14-7-5-9-15(13-14)17(18,19)20/h5,7,9,13H,2-4,10-12H2,1H3,(H,21,22). The summed E-state index contributed by atoms with van der Waals surface area (Å²) in [6.45, 7) is 4.99. The predicted octanol–water partition coefficient (Wildman–Crippen LogP) is 3.12. The fourth-order valence-electron chi connectivity index (χ4n) is 2.38. The van der Waals surface area contributed by atoms with Gasteiger partial charge in [-0.25, -0.2) is 4.99 Å². The summed E-state index contributed by atoms with van der Waals surface area (Å²) in [5, 5.41) is 3.21. The molecule has 1 heterocycles. The van der Waals surface area contributed by atoms with Crippen LogP contribution in [0.15, 0.2) is 29.3 Å². The SMILES string of the molecule is CCNC(=NCC#Cc1cccc(C(F)(F)F)c1)N1CCCC1. The van der Waals surface area contributed by atoms with Crippen LogP contribution in [0.4, 0.5) is 13.2 Å². The van der Waals surface area contributed by atoms with E-state index in [0.717, 1.165) is 50.6 Å². The van der Waals surface area contributed by atoms with Crippen molar-refractivity contribution in [3.63, 3.8) is 0 Å². The number of likely N-dealkylation sites (tertiary alicyclic amines) is 1. The number of guanidine groups is 1. The Labute approximate surface area is 134 Å². The van der Waals surface area contributed by atoms with Crippen molar-refractivity contribution in [1.29, 1.82) is 0 Å². The van der Waals surface area contributed by atoms with Crippen LogP contribution in [0.2, 0.25) is 0 Å². The zero-order chi connectivity index (χ0) is 16.7. The highest BCUT2D eigenvalue weighted by atomic mass is 19.4. The topological polar surface area (TPSA) is 27.6 Å². The van der Waals surface area contributed by atoms with Crippen LogP contribution < -0.4 is 5.32 Å². The first kappa shape index (κ1) is 17.2. The molecule has 0 atom stereocenters. The van der Waals surface area contributed by atoms with Gasteiger partial charge in [0, 0.05) is 25.2 Å². The first-order valence-electron chi connectivity index (χ1n) is 7.70. The molecular formula is C17H20F3N3. The zero-order valence-corrected chi connectivity index (χ0v) is 13.1. The minimum absolute atomic E-state index is 0.259. The Morgan fingerprint density at radius 3 is 2.70 bits per heavy atom. The Kier molecular flexibility index (Phi) is 5.91. The average molecular weight is 323 g/mol. The maximum Gasteiger partial charge on any atom is 0.416 e. The summed E-state index contributed by atoms with van der Waals surface area (Å²) in [7, 11) is 0. The Balaban J connectivity index is 2.02. The maximum atomic E-state index is 12.6. The number of hydrogen-bond donors (Lipinski definition) is 1. The van der Waals surface area contributed by atoms with Crippen LogP contribution in [0.1, 0.15) is 30.9 Å². The van der Waals surface area contributed by atoms with Crippen molar-refractivity contribution in [3.05, 3.63) is 35.4 Å². The Morgan fingerprint density at radius 2 is 2.04 bits per heavy atom. The van der Waals surface area contributed by atoms with Gasteiger partial charge in [0.2, 0.25) is 0 Å². The van der Waals surface area contributed by atoms with E-state index < -0.39 is 11.7 Å². The molecule has 1 aliphatic heterocycles. The van der Waals surface area contributed by atoms with Crippen LogP contribution in [0.3, 0.4) is 0 Å². The third kappa shape index (κ3) is 5.20. The van der Waals surface area contributed by atoms with Crippen molar-refractivity contribution >= 4 is 5.96 Å². The van der Waals surface area contributed by atoms with E-state index in [4.69, 9.17) is 0 Å². The van der Waals surface area contributed by atoms with Crippen LogP contribution in [0.25, 0.3) is 0 Å². The molecule has 23 heavy (non-hydrogen) atoms. The third-order valence-corrected chi connectivity index (χ3v) is 3.47. The number of hydrogen-bond acceptors (Lipinski definition) is 1. The summed E-state index contributed by atoms with van der Waals surface area (Å²) in [6, 6.07) is 5.03. The fourth-order valence-corrected chi connectivity index (χ4v) is 2.38.